The highest BCUT2D eigenvalue weighted by Gasteiger charge is 2.32. The number of hydrogen-bond acceptors (Lipinski definition) is 6. The van der Waals surface area contributed by atoms with Crippen LogP contribution >= 0.6 is 23.2 Å². The SMILES string of the molecule is CNC(C)(CC(=N)c1nncc2c1nc(-c1ccccc1Cl)n2-c1ccc(Cl)cc1)C(N)=O. The monoisotopic (exact) mass is 481 g/mol. The molecule has 4 N–H and O–H groups in total. The molecule has 33 heavy (non-hydrogen) atoms. The number of nitrogens with one attached hydrogen (secondary N) is 2. The number of amides is 1. The first-order valence-corrected chi connectivity index (χ1v) is 10.8. The van der Waals surface area contributed by atoms with Crippen LogP contribution in [0.15, 0.2) is 54.7 Å². The summed E-state index contributed by atoms with van der Waals surface area (Å²) in [6.07, 6.45) is 1.60. The highest BCUT2D eigenvalue weighted by molar-refractivity contribution is 6.33. The van der Waals surface area contributed by atoms with Crippen molar-refractivity contribution in [3.05, 3.63) is 70.5 Å². The Hall–Kier alpha value is -3.33. The van der Waals surface area contributed by atoms with Crippen molar-refractivity contribution >= 4 is 45.9 Å². The fraction of sp³-hybridized carbons (Fsp3) is 0.174. The second kappa shape index (κ2) is 8.90. The lowest BCUT2D eigenvalue weighted by Gasteiger charge is -2.25. The van der Waals surface area contributed by atoms with Gasteiger partial charge in [0.2, 0.25) is 5.91 Å². The van der Waals surface area contributed by atoms with Crippen LogP contribution in [0.25, 0.3) is 28.1 Å². The first kappa shape index (κ1) is 22.8. The Kier molecular flexibility index (Phi) is 6.16. The van der Waals surface area contributed by atoms with Crippen LogP contribution in [0.1, 0.15) is 19.0 Å². The predicted molar refractivity (Wildman–Crippen MR) is 130 cm³/mol. The summed E-state index contributed by atoms with van der Waals surface area (Å²) >= 11 is 12.6. The molecule has 0 aliphatic rings. The molecule has 8 nitrogen and oxygen atoms in total. The van der Waals surface area contributed by atoms with E-state index in [1.807, 2.05) is 34.9 Å². The number of carbonyl (C=O) groups excluding carboxylic acids is 1. The standard InChI is InChI=1S/C23H21Cl2N7O/c1-23(28-2,22(27)33)11-17(26)19-20-18(12-29-31-19)32(14-9-7-13(24)8-10-14)21(30-20)15-5-3-4-6-16(15)25/h3-10,12,26,28H,11H2,1-2H3,(H2,27,33). The third-order valence-corrected chi connectivity index (χ3v) is 6.17. The summed E-state index contributed by atoms with van der Waals surface area (Å²) in [5.41, 5.74) is 7.36. The summed E-state index contributed by atoms with van der Waals surface area (Å²) < 4.78 is 1.89. The van der Waals surface area contributed by atoms with Crippen LogP contribution in [-0.2, 0) is 4.79 Å². The molecule has 4 rings (SSSR count). The van der Waals surface area contributed by atoms with Gasteiger partial charge >= 0.3 is 0 Å². The third-order valence-electron chi connectivity index (χ3n) is 5.59. The summed E-state index contributed by atoms with van der Waals surface area (Å²) in [7, 11) is 1.62. The summed E-state index contributed by atoms with van der Waals surface area (Å²) in [6.45, 7) is 1.64. The van der Waals surface area contributed by atoms with Crippen molar-refractivity contribution in [1.82, 2.24) is 25.1 Å². The molecule has 0 aliphatic carbocycles. The van der Waals surface area contributed by atoms with Crippen LogP contribution in [0.5, 0.6) is 0 Å². The number of likely N-dealkylation sites (N-methyl/N-ethyl adjacent to an activating group) is 1. The van der Waals surface area contributed by atoms with Crippen LogP contribution in [0.4, 0.5) is 0 Å². The van der Waals surface area contributed by atoms with Crippen molar-refractivity contribution in [3.63, 3.8) is 0 Å². The normalized spacial score (nSPS) is 13.1. The minimum atomic E-state index is -1.12. The molecule has 4 aromatic rings. The molecule has 10 heteroatoms. The Morgan fingerprint density at radius 3 is 2.52 bits per heavy atom. The van der Waals surface area contributed by atoms with E-state index in [9.17, 15) is 4.79 Å². The number of nitrogens with two attached hydrogens (primary N) is 1. The van der Waals surface area contributed by atoms with Crippen molar-refractivity contribution in [2.24, 2.45) is 5.73 Å². The topological polar surface area (TPSA) is 123 Å². The van der Waals surface area contributed by atoms with E-state index < -0.39 is 11.4 Å². The van der Waals surface area contributed by atoms with E-state index in [4.69, 9.17) is 39.3 Å². The number of carbonyl (C=O) groups is 1. The van der Waals surface area contributed by atoms with E-state index in [0.29, 0.717) is 32.5 Å². The highest BCUT2D eigenvalue weighted by atomic mass is 35.5. The van der Waals surface area contributed by atoms with Gasteiger partial charge in [0.1, 0.15) is 22.6 Å². The molecule has 2 heterocycles. The zero-order chi connectivity index (χ0) is 23.8. The van der Waals surface area contributed by atoms with Crippen molar-refractivity contribution < 1.29 is 4.79 Å². The highest BCUT2D eigenvalue weighted by Crippen LogP contribution is 2.33. The fourth-order valence-electron chi connectivity index (χ4n) is 3.53. The first-order valence-electron chi connectivity index (χ1n) is 10.1. The molecular weight excluding hydrogens is 461 g/mol. The van der Waals surface area contributed by atoms with Crippen LogP contribution in [-0.4, -0.2) is 44.0 Å². The van der Waals surface area contributed by atoms with Crippen LogP contribution in [0, 0.1) is 5.41 Å². The lowest BCUT2D eigenvalue weighted by molar-refractivity contribution is -0.123. The Morgan fingerprint density at radius 1 is 1.18 bits per heavy atom. The van der Waals surface area contributed by atoms with Crippen molar-refractivity contribution in [1.29, 1.82) is 5.41 Å². The minimum absolute atomic E-state index is 0.0157. The number of fused-ring (bicyclic) bond motifs is 1. The first-order chi connectivity index (χ1) is 15.7. The Balaban J connectivity index is 1.96. The lowest BCUT2D eigenvalue weighted by atomic mass is 9.92. The number of aromatic nitrogens is 4. The molecule has 0 saturated heterocycles. The smallest absolute Gasteiger partial charge is 0.237 e. The molecule has 1 unspecified atom stereocenters. The van der Waals surface area contributed by atoms with Gasteiger partial charge in [0.05, 0.1) is 22.4 Å². The maximum atomic E-state index is 12.0. The average Bonchev–Trinajstić information content (AvgIpc) is 3.19. The molecule has 0 radical (unpaired) electrons. The summed E-state index contributed by atoms with van der Waals surface area (Å²) in [5.74, 6) is -0.00798. The van der Waals surface area contributed by atoms with E-state index in [2.05, 4.69) is 15.5 Å². The number of hydrogen-bond donors (Lipinski definition) is 3. The van der Waals surface area contributed by atoms with Crippen molar-refractivity contribution in [2.45, 2.75) is 18.9 Å². The Labute approximate surface area is 200 Å². The second-order valence-corrected chi connectivity index (χ2v) is 8.60. The predicted octanol–water partition coefficient (Wildman–Crippen LogP) is 4.01. The molecule has 2 aromatic heterocycles. The van der Waals surface area contributed by atoms with Gasteiger partial charge in [0.15, 0.2) is 0 Å². The quantitative estimate of drug-likeness (QED) is 0.344. The van der Waals surface area contributed by atoms with Gasteiger partial charge < -0.3 is 16.5 Å². The van der Waals surface area contributed by atoms with Gasteiger partial charge in [-0.25, -0.2) is 4.98 Å². The molecular formula is C23H21Cl2N7O. The van der Waals surface area contributed by atoms with Gasteiger partial charge in [-0.05, 0) is 50.4 Å². The Bertz CT molecular complexity index is 1370. The summed E-state index contributed by atoms with van der Waals surface area (Å²) in [6, 6.07) is 14.6. The number of primary amides is 1. The van der Waals surface area contributed by atoms with Gasteiger partial charge in [0.25, 0.3) is 0 Å². The van der Waals surface area contributed by atoms with Crippen molar-refractivity contribution in [2.75, 3.05) is 7.05 Å². The van der Waals surface area contributed by atoms with E-state index in [1.165, 1.54) is 0 Å². The van der Waals surface area contributed by atoms with E-state index in [1.54, 1.807) is 38.4 Å². The fourth-order valence-corrected chi connectivity index (χ4v) is 3.88. The van der Waals surface area contributed by atoms with Gasteiger partial charge in [-0.3, -0.25) is 9.36 Å². The van der Waals surface area contributed by atoms with Crippen LogP contribution in [0.2, 0.25) is 10.0 Å². The molecule has 2 aromatic carbocycles. The molecule has 0 bridgehead atoms. The van der Waals surface area contributed by atoms with E-state index >= 15 is 0 Å². The molecule has 0 fully saturated rings. The molecule has 168 valence electrons. The summed E-state index contributed by atoms with van der Waals surface area (Å²) in [5, 5.41) is 21.0. The van der Waals surface area contributed by atoms with Gasteiger partial charge in [-0.2, -0.15) is 5.10 Å². The molecule has 0 spiro atoms. The van der Waals surface area contributed by atoms with Crippen LogP contribution < -0.4 is 11.1 Å². The number of rotatable bonds is 7. The third kappa shape index (κ3) is 4.20. The minimum Gasteiger partial charge on any atom is -0.368 e. The van der Waals surface area contributed by atoms with Gasteiger partial charge in [-0.1, -0.05) is 35.3 Å². The summed E-state index contributed by atoms with van der Waals surface area (Å²) in [4.78, 5) is 16.8. The van der Waals surface area contributed by atoms with Gasteiger partial charge in [-0.15, -0.1) is 5.10 Å². The number of imidazole rings is 1. The van der Waals surface area contributed by atoms with Crippen molar-refractivity contribution in [3.8, 4) is 17.1 Å². The Morgan fingerprint density at radius 2 is 1.88 bits per heavy atom. The van der Waals surface area contributed by atoms with E-state index in [0.717, 1.165) is 5.69 Å². The van der Waals surface area contributed by atoms with E-state index in [-0.39, 0.29) is 17.8 Å². The number of nitrogens with zero attached hydrogens (tertiary/aromatic N) is 4. The molecule has 1 amide bonds. The second-order valence-electron chi connectivity index (χ2n) is 7.76. The number of halogens is 2. The van der Waals surface area contributed by atoms with Crippen LogP contribution in [0.3, 0.4) is 0 Å². The molecule has 0 saturated carbocycles. The molecule has 1 atom stereocenters. The lowest BCUT2D eigenvalue weighted by Crippen LogP contribution is -2.52. The molecule has 0 aliphatic heterocycles. The largest absolute Gasteiger partial charge is 0.368 e. The maximum absolute atomic E-state index is 12.0. The maximum Gasteiger partial charge on any atom is 0.237 e. The average molecular weight is 482 g/mol. The zero-order valence-electron chi connectivity index (χ0n) is 17.9. The van der Waals surface area contributed by atoms with Gasteiger partial charge in [0, 0.05) is 22.7 Å². The zero-order valence-corrected chi connectivity index (χ0v) is 19.4. The number of benzene rings is 2.